The SMILES string of the molecule is C=C(/C=C(\C=C/C)N1CCC(O)(c2ccccc2)C1)CNC(=O)c1ccc2c(c1)C(C#N)COC2. The van der Waals surface area contributed by atoms with E-state index < -0.39 is 5.60 Å². The summed E-state index contributed by atoms with van der Waals surface area (Å²) < 4.78 is 5.45. The van der Waals surface area contributed by atoms with Gasteiger partial charge in [0.2, 0.25) is 0 Å². The number of carbonyl (C=O) groups excluding carboxylic acids is 1. The van der Waals surface area contributed by atoms with E-state index in [9.17, 15) is 15.2 Å². The van der Waals surface area contributed by atoms with Crippen molar-refractivity contribution >= 4 is 5.91 Å². The molecule has 4 rings (SSSR count). The van der Waals surface area contributed by atoms with Gasteiger partial charge in [-0.2, -0.15) is 5.26 Å². The number of likely N-dealkylation sites (tertiary alicyclic amines) is 1. The lowest BCUT2D eigenvalue weighted by molar-refractivity contribution is 0.0499. The van der Waals surface area contributed by atoms with Crippen molar-refractivity contribution in [1.29, 1.82) is 5.26 Å². The number of hydrogen-bond donors (Lipinski definition) is 2. The summed E-state index contributed by atoms with van der Waals surface area (Å²) in [6.45, 7) is 8.39. The minimum Gasteiger partial charge on any atom is -0.383 e. The Bertz CT molecular complexity index is 1200. The lowest BCUT2D eigenvalue weighted by Crippen LogP contribution is -2.30. The molecule has 2 aromatic carbocycles. The van der Waals surface area contributed by atoms with Gasteiger partial charge in [-0.3, -0.25) is 4.79 Å². The van der Waals surface area contributed by atoms with Crippen molar-refractivity contribution in [3.8, 4) is 6.07 Å². The van der Waals surface area contributed by atoms with E-state index in [1.807, 2.05) is 61.5 Å². The van der Waals surface area contributed by atoms with Crippen LogP contribution >= 0.6 is 0 Å². The molecule has 0 aliphatic carbocycles. The van der Waals surface area contributed by atoms with Gasteiger partial charge in [-0.05, 0) is 59.9 Å². The number of hydrogen-bond acceptors (Lipinski definition) is 5. The first kappa shape index (κ1) is 24.5. The van der Waals surface area contributed by atoms with Gasteiger partial charge in [0.15, 0.2) is 0 Å². The van der Waals surface area contributed by atoms with Crippen LogP contribution in [0.1, 0.15) is 46.3 Å². The van der Waals surface area contributed by atoms with E-state index in [1.165, 1.54) is 0 Å². The first-order valence-electron chi connectivity index (χ1n) is 11.9. The Morgan fingerprint density at radius 3 is 2.89 bits per heavy atom. The fraction of sp³-hybridized carbons (Fsp3) is 0.310. The third-order valence-corrected chi connectivity index (χ3v) is 6.57. The van der Waals surface area contributed by atoms with Crippen molar-refractivity contribution in [2.24, 2.45) is 0 Å². The van der Waals surface area contributed by atoms with E-state index in [0.717, 1.165) is 34.5 Å². The number of β-amino-alcohol motifs (C(OH)–C–C–N with tert-alkyl or cyclic N) is 1. The normalized spacial score (nSPS) is 22.0. The summed E-state index contributed by atoms with van der Waals surface area (Å²) in [5, 5.41) is 23.5. The van der Waals surface area contributed by atoms with Crippen LogP contribution in [0.4, 0.5) is 0 Å². The van der Waals surface area contributed by atoms with Crippen LogP contribution in [0.15, 0.2) is 84.6 Å². The summed E-state index contributed by atoms with van der Waals surface area (Å²) in [6, 6.07) is 17.4. The molecule has 2 aromatic rings. The van der Waals surface area contributed by atoms with Gasteiger partial charge in [-0.1, -0.05) is 49.1 Å². The molecule has 6 heteroatoms. The fourth-order valence-corrected chi connectivity index (χ4v) is 4.65. The lowest BCUT2D eigenvalue weighted by atomic mass is 9.92. The zero-order valence-corrected chi connectivity index (χ0v) is 20.0. The molecule has 2 unspecified atom stereocenters. The number of nitrogens with one attached hydrogen (secondary N) is 1. The highest BCUT2D eigenvalue weighted by atomic mass is 16.5. The van der Waals surface area contributed by atoms with Crippen molar-refractivity contribution in [3.05, 3.63) is 107 Å². The number of rotatable bonds is 7. The summed E-state index contributed by atoms with van der Waals surface area (Å²) in [6.07, 6.45) is 6.55. The maximum atomic E-state index is 12.8. The third kappa shape index (κ3) is 5.54. The molecule has 2 atom stereocenters. The Morgan fingerprint density at radius 1 is 1.34 bits per heavy atom. The molecule has 1 saturated heterocycles. The van der Waals surface area contributed by atoms with Gasteiger partial charge in [-0.15, -0.1) is 0 Å². The second-order valence-electron chi connectivity index (χ2n) is 9.09. The van der Waals surface area contributed by atoms with Crippen LogP contribution in [0.2, 0.25) is 0 Å². The maximum absolute atomic E-state index is 12.8. The number of aliphatic hydroxyl groups is 1. The number of fused-ring (bicyclic) bond motifs is 1. The summed E-state index contributed by atoms with van der Waals surface area (Å²) in [7, 11) is 0. The summed E-state index contributed by atoms with van der Waals surface area (Å²) in [5.74, 6) is -0.569. The van der Waals surface area contributed by atoms with E-state index in [0.29, 0.717) is 38.3 Å². The smallest absolute Gasteiger partial charge is 0.251 e. The van der Waals surface area contributed by atoms with Crippen LogP contribution in [0, 0.1) is 11.3 Å². The Morgan fingerprint density at radius 2 is 2.14 bits per heavy atom. The van der Waals surface area contributed by atoms with Gasteiger partial charge in [0, 0.05) is 24.4 Å². The highest BCUT2D eigenvalue weighted by molar-refractivity contribution is 5.94. The van der Waals surface area contributed by atoms with Crippen LogP contribution in [-0.2, 0) is 16.9 Å². The molecule has 0 spiro atoms. The van der Waals surface area contributed by atoms with E-state index >= 15 is 0 Å². The zero-order valence-electron chi connectivity index (χ0n) is 20.0. The standard InChI is InChI=1S/C29H31N3O3/c1-3-7-26(32-13-12-29(34,20-32)25-8-5-4-6-9-25)14-21(2)17-31-28(33)22-10-11-23-18-35-19-24(16-30)27(23)15-22/h3-11,14-15,24,34H,2,12-13,17-20H2,1H3,(H,31,33)/b7-3-,26-14+. The molecular formula is C29H31N3O3. The fourth-order valence-electron chi connectivity index (χ4n) is 4.65. The predicted molar refractivity (Wildman–Crippen MR) is 135 cm³/mol. The van der Waals surface area contributed by atoms with Gasteiger partial charge < -0.3 is 20.1 Å². The quantitative estimate of drug-likeness (QED) is 0.595. The molecule has 0 bridgehead atoms. The number of benzene rings is 2. The second-order valence-corrected chi connectivity index (χ2v) is 9.09. The number of nitriles is 1. The molecule has 0 saturated carbocycles. The first-order valence-corrected chi connectivity index (χ1v) is 11.9. The van der Waals surface area contributed by atoms with Gasteiger partial charge in [0.1, 0.15) is 5.60 Å². The molecule has 35 heavy (non-hydrogen) atoms. The maximum Gasteiger partial charge on any atom is 0.251 e. The molecule has 2 aliphatic rings. The highest BCUT2D eigenvalue weighted by Crippen LogP contribution is 2.34. The molecule has 0 radical (unpaired) electrons. The van der Waals surface area contributed by atoms with Gasteiger partial charge >= 0.3 is 0 Å². The van der Waals surface area contributed by atoms with E-state index in [1.54, 1.807) is 12.1 Å². The molecule has 2 aliphatic heterocycles. The van der Waals surface area contributed by atoms with Crippen LogP contribution < -0.4 is 5.32 Å². The van der Waals surface area contributed by atoms with Crippen LogP contribution in [0.5, 0.6) is 0 Å². The van der Waals surface area contributed by atoms with Gasteiger partial charge in [0.05, 0.1) is 31.7 Å². The first-order chi connectivity index (χ1) is 16.9. The summed E-state index contributed by atoms with van der Waals surface area (Å²) >= 11 is 0. The molecule has 2 heterocycles. The Labute approximate surface area is 206 Å². The van der Waals surface area contributed by atoms with Crippen LogP contribution in [0.3, 0.4) is 0 Å². The van der Waals surface area contributed by atoms with Gasteiger partial charge in [-0.25, -0.2) is 0 Å². The molecule has 1 amide bonds. The number of carbonyl (C=O) groups is 1. The Hall–Kier alpha value is -3.66. The molecule has 0 aromatic heterocycles. The number of nitrogens with zero attached hydrogens (tertiary/aromatic N) is 2. The minimum absolute atomic E-state index is 0.210. The topological polar surface area (TPSA) is 85.6 Å². The van der Waals surface area contributed by atoms with E-state index in [-0.39, 0.29) is 11.8 Å². The minimum atomic E-state index is -0.893. The summed E-state index contributed by atoms with van der Waals surface area (Å²) in [4.78, 5) is 14.9. The van der Waals surface area contributed by atoms with Crippen LogP contribution in [0.25, 0.3) is 0 Å². The molecular weight excluding hydrogens is 438 g/mol. The number of allylic oxidation sites excluding steroid dienone is 2. The zero-order chi connectivity index (χ0) is 24.8. The number of ether oxygens (including phenoxy) is 1. The second kappa shape index (κ2) is 10.7. The lowest BCUT2D eigenvalue weighted by Gasteiger charge is -2.25. The number of amides is 1. The third-order valence-electron chi connectivity index (χ3n) is 6.57. The largest absolute Gasteiger partial charge is 0.383 e. The van der Waals surface area contributed by atoms with Crippen molar-refractivity contribution in [3.63, 3.8) is 0 Å². The summed E-state index contributed by atoms with van der Waals surface area (Å²) in [5.41, 5.74) is 4.06. The van der Waals surface area contributed by atoms with Crippen molar-refractivity contribution in [1.82, 2.24) is 10.2 Å². The Balaban J connectivity index is 1.41. The average Bonchev–Trinajstić information content (AvgIpc) is 3.30. The van der Waals surface area contributed by atoms with Crippen molar-refractivity contribution < 1.29 is 14.6 Å². The molecule has 6 nitrogen and oxygen atoms in total. The average molecular weight is 470 g/mol. The van der Waals surface area contributed by atoms with Gasteiger partial charge in [0.25, 0.3) is 5.91 Å². The highest BCUT2D eigenvalue weighted by Gasteiger charge is 2.37. The molecule has 1 fully saturated rings. The van der Waals surface area contributed by atoms with E-state index in [4.69, 9.17) is 4.74 Å². The molecule has 180 valence electrons. The Kier molecular flexibility index (Phi) is 7.50. The van der Waals surface area contributed by atoms with Crippen LogP contribution in [-0.4, -0.2) is 42.2 Å². The van der Waals surface area contributed by atoms with E-state index in [2.05, 4.69) is 22.9 Å². The van der Waals surface area contributed by atoms with Crippen molar-refractivity contribution in [2.45, 2.75) is 31.5 Å². The monoisotopic (exact) mass is 469 g/mol. The van der Waals surface area contributed by atoms with Crippen molar-refractivity contribution in [2.75, 3.05) is 26.2 Å². The molecule has 2 N–H and O–H groups in total. The predicted octanol–water partition coefficient (Wildman–Crippen LogP) is 4.16.